The van der Waals surface area contributed by atoms with Gasteiger partial charge in [-0.2, -0.15) is 5.10 Å². The summed E-state index contributed by atoms with van der Waals surface area (Å²) in [6.45, 7) is 5.83. The second-order valence-corrected chi connectivity index (χ2v) is 6.12. The van der Waals surface area contributed by atoms with E-state index in [0.717, 1.165) is 44.7 Å². The van der Waals surface area contributed by atoms with Crippen LogP contribution >= 0.6 is 0 Å². The number of fused-ring (bicyclic) bond motifs is 1. The van der Waals surface area contributed by atoms with Gasteiger partial charge in [0.2, 0.25) is 0 Å². The Kier molecular flexibility index (Phi) is 4.05. The largest absolute Gasteiger partial charge is 0.381 e. The highest BCUT2D eigenvalue weighted by Crippen LogP contribution is 2.23. The van der Waals surface area contributed by atoms with Crippen LogP contribution in [0.2, 0.25) is 0 Å². The van der Waals surface area contributed by atoms with Crippen LogP contribution in [0.3, 0.4) is 0 Å². The number of nitrogens with one attached hydrogen (secondary N) is 1. The van der Waals surface area contributed by atoms with E-state index in [1.165, 1.54) is 0 Å². The molecule has 0 spiro atoms. The van der Waals surface area contributed by atoms with Gasteiger partial charge in [-0.15, -0.1) is 0 Å². The Morgan fingerprint density at radius 2 is 2.19 bits per heavy atom. The molecule has 0 amide bonds. The van der Waals surface area contributed by atoms with Gasteiger partial charge in [0.05, 0.1) is 12.2 Å². The third-order valence-corrected chi connectivity index (χ3v) is 4.01. The van der Waals surface area contributed by atoms with Crippen molar-refractivity contribution >= 4 is 11.0 Å². The van der Waals surface area contributed by atoms with Gasteiger partial charge < -0.3 is 9.72 Å². The van der Waals surface area contributed by atoms with Gasteiger partial charge in [-0.05, 0) is 25.2 Å². The lowest BCUT2D eigenvalue weighted by molar-refractivity contribution is 0.0673. The van der Waals surface area contributed by atoms with E-state index in [1.54, 1.807) is 6.20 Å². The van der Waals surface area contributed by atoms with Crippen molar-refractivity contribution in [1.29, 1.82) is 0 Å². The van der Waals surface area contributed by atoms with Crippen molar-refractivity contribution in [2.75, 3.05) is 13.2 Å². The summed E-state index contributed by atoms with van der Waals surface area (Å²) in [7, 11) is 0. The average Bonchev–Trinajstić information content (AvgIpc) is 2.90. The third-order valence-electron chi connectivity index (χ3n) is 4.01. The number of ether oxygens (including phenoxy) is 1. The molecular weight excluding hydrogens is 268 g/mol. The van der Waals surface area contributed by atoms with Crippen LogP contribution in [-0.2, 0) is 11.2 Å². The molecule has 0 saturated carbocycles. The number of hydrogen-bond acceptors (Lipinski definition) is 4. The van der Waals surface area contributed by atoms with Crippen molar-refractivity contribution in [2.45, 2.75) is 45.6 Å². The quantitative estimate of drug-likeness (QED) is 0.935. The lowest BCUT2D eigenvalue weighted by Gasteiger charge is -2.22. The molecule has 3 rings (SSSR count). The van der Waals surface area contributed by atoms with Crippen LogP contribution < -0.4 is 5.56 Å². The number of hydrogen-bond donors (Lipinski definition) is 1. The van der Waals surface area contributed by atoms with Gasteiger partial charge in [0, 0.05) is 19.6 Å². The zero-order valence-corrected chi connectivity index (χ0v) is 12.6. The predicted molar refractivity (Wildman–Crippen MR) is 80.4 cm³/mol. The molecule has 1 N–H and O–H groups in total. The number of aromatic amines is 1. The average molecular weight is 290 g/mol. The maximum absolute atomic E-state index is 12.2. The molecule has 0 radical (unpaired) electrons. The Hall–Kier alpha value is -1.69. The fourth-order valence-electron chi connectivity index (χ4n) is 2.72. The fourth-order valence-corrected chi connectivity index (χ4v) is 2.72. The van der Waals surface area contributed by atoms with Crippen molar-refractivity contribution in [3.05, 3.63) is 22.4 Å². The molecule has 0 bridgehead atoms. The Morgan fingerprint density at radius 1 is 1.43 bits per heavy atom. The molecule has 2 aromatic rings. The van der Waals surface area contributed by atoms with Crippen molar-refractivity contribution in [3.8, 4) is 0 Å². The normalized spacial score (nSPS) is 16.9. The Labute approximate surface area is 123 Å². The SMILES string of the molecule is CC(C)CCc1nc2c(cnn2C2CCOCC2)c(=O)[nH]1. The molecule has 2 aromatic heterocycles. The first kappa shape index (κ1) is 14.3. The maximum atomic E-state index is 12.2. The first-order valence-electron chi connectivity index (χ1n) is 7.69. The molecule has 3 heterocycles. The van der Waals surface area contributed by atoms with Gasteiger partial charge >= 0.3 is 0 Å². The lowest BCUT2D eigenvalue weighted by atomic mass is 10.1. The summed E-state index contributed by atoms with van der Waals surface area (Å²) < 4.78 is 7.30. The molecule has 114 valence electrons. The van der Waals surface area contributed by atoms with Crippen molar-refractivity contribution in [1.82, 2.24) is 19.7 Å². The fraction of sp³-hybridized carbons (Fsp3) is 0.667. The smallest absolute Gasteiger partial charge is 0.262 e. The molecule has 1 aliphatic heterocycles. The molecule has 0 aromatic carbocycles. The Morgan fingerprint density at radius 3 is 2.90 bits per heavy atom. The standard InChI is InChI=1S/C15H22N4O2/c1-10(2)3-4-13-17-14-12(15(20)18-13)9-16-19(14)11-5-7-21-8-6-11/h9-11H,3-8H2,1-2H3,(H,17,18,20). The van der Waals surface area contributed by atoms with Crippen LogP contribution in [0.5, 0.6) is 0 Å². The van der Waals surface area contributed by atoms with E-state index < -0.39 is 0 Å². The van der Waals surface area contributed by atoms with E-state index in [4.69, 9.17) is 4.74 Å². The highest BCUT2D eigenvalue weighted by molar-refractivity contribution is 5.73. The predicted octanol–water partition coefficient (Wildman–Crippen LogP) is 2.06. The summed E-state index contributed by atoms with van der Waals surface area (Å²) in [6.07, 6.45) is 5.28. The van der Waals surface area contributed by atoms with Gasteiger partial charge in [0.25, 0.3) is 5.56 Å². The molecule has 0 unspecified atom stereocenters. The number of H-pyrrole nitrogens is 1. The van der Waals surface area contributed by atoms with E-state index in [1.807, 2.05) is 4.68 Å². The van der Waals surface area contributed by atoms with Crippen LogP contribution in [0.15, 0.2) is 11.0 Å². The molecule has 0 atom stereocenters. The minimum Gasteiger partial charge on any atom is -0.381 e. The van der Waals surface area contributed by atoms with E-state index in [9.17, 15) is 4.79 Å². The van der Waals surface area contributed by atoms with Gasteiger partial charge in [-0.25, -0.2) is 9.67 Å². The van der Waals surface area contributed by atoms with Gasteiger partial charge in [-0.3, -0.25) is 4.79 Å². The molecule has 1 aliphatic rings. The summed E-state index contributed by atoms with van der Waals surface area (Å²) in [5, 5.41) is 4.97. The number of nitrogens with zero attached hydrogens (tertiary/aromatic N) is 3. The molecule has 21 heavy (non-hydrogen) atoms. The van der Waals surface area contributed by atoms with Gasteiger partial charge in [-0.1, -0.05) is 13.8 Å². The summed E-state index contributed by atoms with van der Waals surface area (Å²) in [5.41, 5.74) is 0.626. The highest BCUT2D eigenvalue weighted by Gasteiger charge is 2.20. The lowest BCUT2D eigenvalue weighted by Crippen LogP contribution is -2.21. The summed E-state index contributed by atoms with van der Waals surface area (Å²) >= 11 is 0. The molecular formula is C15H22N4O2. The van der Waals surface area contributed by atoms with Crippen LogP contribution in [0.25, 0.3) is 11.0 Å². The van der Waals surface area contributed by atoms with Crippen LogP contribution in [0.1, 0.15) is 45.0 Å². The summed E-state index contributed by atoms with van der Waals surface area (Å²) in [5.74, 6) is 1.35. The van der Waals surface area contributed by atoms with E-state index >= 15 is 0 Å². The third kappa shape index (κ3) is 3.00. The zero-order valence-electron chi connectivity index (χ0n) is 12.6. The molecule has 1 saturated heterocycles. The monoisotopic (exact) mass is 290 g/mol. The van der Waals surface area contributed by atoms with Crippen LogP contribution in [0, 0.1) is 5.92 Å². The Balaban J connectivity index is 1.96. The van der Waals surface area contributed by atoms with Crippen LogP contribution in [0.4, 0.5) is 0 Å². The van der Waals surface area contributed by atoms with Gasteiger partial charge in [0.15, 0.2) is 5.65 Å². The molecule has 6 nitrogen and oxygen atoms in total. The van der Waals surface area contributed by atoms with Crippen molar-refractivity contribution < 1.29 is 4.74 Å². The summed E-state index contributed by atoms with van der Waals surface area (Å²) in [6, 6.07) is 0.281. The van der Waals surface area contributed by atoms with E-state index in [-0.39, 0.29) is 11.6 Å². The minimum absolute atomic E-state index is 0.0861. The van der Waals surface area contributed by atoms with Gasteiger partial charge in [0.1, 0.15) is 11.2 Å². The number of aromatic nitrogens is 4. The topological polar surface area (TPSA) is 72.8 Å². The molecule has 0 aliphatic carbocycles. The molecule has 1 fully saturated rings. The molecule has 6 heteroatoms. The second kappa shape index (κ2) is 5.97. The van der Waals surface area contributed by atoms with Crippen molar-refractivity contribution in [2.24, 2.45) is 5.92 Å². The van der Waals surface area contributed by atoms with E-state index in [0.29, 0.717) is 17.0 Å². The summed E-state index contributed by atoms with van der Waals surface area (Å²) in [4.78, 5) is 19.7. The number of aryl methyl sites for hydroxylation is 1. The first-order chi connectivity index (χ1) is 10.1. The maximum Gasteiger partial charge on any atom is 0.262 e. The van der Waals surface area contributed by atoms with E-state index in [2.05, 4.69) is 28.9 Å². The highest BCUT2D eigenvalue weighted by atomic mass is 16.5. The number of rotatable bonds is 4. The Bertz CT molecular complexity index is 668. The minimum atomic E-state index is -0.0861. The van der Waals surface area contributed by atoms with Crippen LogP contribution in [-0.4, -0.2) is 33.0 Å². The first-order valence-corrected chi connectivity index (χ1v) is 7.69. The van der Waals surface area contributed by atoms with Crippen molar-refractivity contribution in [3.63, 3.8) is 0 Å². The second-order valence-electron chi connectivity index (χ2n) is 6.12. The zero-order chi connectivity index (χ0) is 14.8.